The lowest BCUT2D eigenvalue weighted by atomic mass is 10.1. The fourth-order valence-electron chi connectivity index (χ4n) is 4.28. The molecule has 4 heterocycles. The average molecular weight is 544 g/mol. The number of nitrogens with zero attached hydrogens (tertiary/aromatic N) is 6. The molecular formula is C25H24F3N7O4. The number of amides is 2. The van der Waals surface area contributed by atoms with Gasteiger partial charge in [0.25, 0.3) is 11.8 Å². The predicted molar refractivity (Wildman–Crippen MR) is 133 cm³/mol. The third-order valence-corrected chi connectivity index (χ3v) is 6.28. The van der Waals surface area contributed by atoms with E-state index in [1.165, 1.54) is 18.0 Å². The van der Waals surface area contributed by atoms with Crippen LogP contribution in [0.5, 0.6) is 5.75 Å². The molecule has 2 amide bonds. The van der Waals surface area contributed by atoms with Gasteiger partial charge in [-0.1, -0.05) is 0 Å². The van der Waals surface area contributed by atoms with Crippen LogP contribution in [0.3, 0.4) is 0 Å². The number of fused-ring (bicyclic) bond motifs is 1. The van der Waals surface area contributed by atoms with Crippen LogP contribution < -0.4 is 10.1 Å². The molecule has 11 nitrogen and oxygen atoms in total. The van der Waals surface area contributed by atoms with Crippen LogP contribution in [0.2, 0.25) is 0 Å². The number of hydrogen-bond acceptors (Lipinski definition) is 7. The molecule has 1 aromatic carbocycles. The molecule has 0 aliphatic carbocycles. The molecule has 0 radical (unpaired) electrons. The van der Waals surface area contributed by atoms with Crippen molar-refractivity contribution in [1.29, 1.82) is 0 Å². The number of halogens is 3. The Hall–Kier alpha value is -4.46. The van der Waals surface area contributed by atoms with E-state index in [4.69, 9.17) is 9.47 Å². The van der Waals surface area contributed by atoms with Gasteiger partial charge in [-0.3, -0.25) is 14.3 Å². The van der Waals surface area contributed by atoms with Gasteiger partial charge in [-0.2, -0.15) is 23.4 Å². The second kappa shape index (κ2) is 10.4. The minimum absolute atomic E-state index is 0.00554. The Balaban J connectivity index is 1.54. The summed E-state index contributed by atoms with van der Waals surface area (Å²) in [6.45, 7) is 3.70. The highest BCUT2D eigenvalue weighted by molar-refractivity contribution is 6.11. The summed E-state index contributed by atoms with van der Waals surface area (Å²) in [6.07, 6.45) is -2.43. The summed E-state index contributed by atoms with van der Waals surface area (Å²) in [4.78, 5) is 32.5. The smallest absolute Gasteiger partial charge is 0.433 e. The van der Waals surface area contributed by atoms with Crippen molar-refractivity contribution in [2.75, 3.05) is 38.7 Å². The Morgan fingerprint density at radius 1 is 1.10 bits per heavy atom. The monoisotopic (exact) mass is 543 g/mol. The van der Waals surface area contributed by atoms with Crippen LogP contribution in [0.4, 0.5) is 18.9 Å². The maximum Gasteiger partial charge on any atom is 0.433 e. The molecule has 5 rings (SSSR count). The summed E-state index contributed by atoms with van der Waals surface area (Å²) in [7, 11) is 1.47. The molecule has 14 heteroatoms. The second-order valence-electron chi connectivity index (χ2n) is 8.63. The zero-order valence-electron chi connectivity index (χ0n) is 21.0. The molecule has 0 spiro atoms. The topological polar surface area (TPSA) is 116 Å². The Morgan fingerprint density at radius 2 is 1.82 bits per heavy atom. The van der Waals surface area contributed by atoms with E-state index in [2.05, 4.69) is 20.5 Å². The van der Waals surface area contributed by atoms with E-state index in [1.807, 2.05) is 0 Å². The number of anilines is 1. The third kappa shape index (κ3) is 5.02. The van der Waals surface area contributed by atoms with Gasteiger partial charge in [-0.15, -0.1) is 0 Å². The van der Waals surface area contributed by atoms with Crippen molar-refractivity contribution in [3.05, 3.63) is 59.7 Å². The van der Waals surface area contributed by atoms with Crippen molar-refractivity contribution >= 4 is 23.1 Å². The molecule has 0 unspecified atom stereocenters. The molecule has 3 aromatic heterocycles. The first-order valence-corrected chi connectivity index (χ1v) is 12.1. The maximum atomic E-state index is 14.0. The number of carbonyl (C=O) groups excluding carboxylic acids is 2. The first kappa shape index (κ1) is 26.2. The van der Waals surface area contributed by atoms with Crippen molar-refractivity contribution < 1.29 is 32.2 Å². The van der Waals surface area contributed by atoms with E-state index < -0.39 is 17.8 Å². The van der Waals surface area contributed by atoms with Crippen molar-refractivity contribution in [3.63, 3.8) is 0 Å². The molecule has 1 N–H and O–H groups in total. The van der Waals surface area contributed by atoms with Crippen LogP contribution >= 0.6 is 0 Å². The molecule has 1 saturated heterocycles. The van der Waals surface area contributed by atoms with Gasteiger partial charge in [0, 0.05) is 25.2 Å². The van der Waals surface area contributed by atoms with Crippen LogP contribution in [0, 0.1) is 0 Å². The van der Waals surface area contributed by atoms with Crippen LogP contribution in [0.1, 0.15) is 33.5 Å². The lowest BCUT2D eigenvalue weighted by molar-refractivity contribution is -0.142. The van der Waals surface area contributed by atoms with Crippen molar-refractivity contribution in [2.45, 2.75) is 19.6 Å². The van der Waals surface area contributed by atoms with Gasteiger partial charge in [-0.05, 0) is 37.3 Å². The van der Waals surface area contributed by atoms with Crippen LogP contribution in [0.15, 0.2) is 42.7 Å². The molecule has 4 aromatic rings. The number of aryl methyl sites for hydroxylation is 1. The number of nitrogens with one attached hydrogen (secondary N) is 1. The molecule has 0 atom stereocenters. The highest BCUT2D eigenvalue weighted by Crippen LogP contribution is 2.33. The second-order valence-corrected chi connectivity index (χ2v) is 8.63. The number of aromatic nitrogens is 5. The summed E-state index contributed by atoms with van der Waals surface area (Å²) < 4.78 is 54.4. The molecule has 0 saturated carbocycles. The van der Waals surface area contributed by atoms with Crippen molar-refractivity contribution in [2.24, 2.45) is 0 Å². The molecule has 204 valence electrons. The number of carbonyl (C=O) groups is 2. The van der Waals surface area contributed by atoms with Gasteiger partial charge in [0.1, 0.15) is 17.0 Å². The zero-order valence-corrected chi connectivity index (χ0v) is 21.0. The highest BCUT2D eigenvalue weighted by Gasteiger charge is 2.36. The van der Waals surface area contributed by atoms with Crippen LogP contribution in [-0.4, -0.2) is 74.5 Å². The Kier molecular flexibility index (Phi) is 6.95. The van der Waals surface area contributed by atoms with E-state index in [-0.39, 0.29) is 34.2 Å². The first-order valence-electron chi connectivity index (χ1n) is 12.1. The third-order valence-electron chi connectivity index (χ3n) is 6.28. The number of morpholine rings is 1. The minimum atomic E-state index is -4.78. The Bertz CT molecular complexity index is 1520. The van der Waals surface area contributed by atoms with E-state index in [1.54, 1.807) is 36.1 Å². The number of alkyl halides is 3. The van der Waals surface area contributed by atoms with Crippen LogP contribution in [-0.2, 0) is 17.5 Å². The average Bonchev–Trinajstić information content (AvgIpc) is 3.56. The molecule has 1 aliphatic rings. The van der Waals surface area contributed by atoms with Gasteiger partial charge >= 0.3 is 6.18 Å². The highest BCUT2D eigenvalue weighted by atomic mass is 19.4. The molecule has 39 heavy (non-hydrogen) atoms. The Morgan fingerprint density at radius 3 is 2.46 bits per heavy atom. The molecule has 1 aliphatic heterocycles. The number of rotatable bonds is 6. The maximum absolute atomic E-state index is 14.0. The normalized spacial score (nSPS) is 14.0. The summed E-state index contributed by atoms with van der Waals surface area (Å²) in [5.74, 6) is -0.605. The fraction of sp³-hybridized carbons (Fsp3) is 0.320. The molecular weight excluding hydrogens is 519 g/mol. The van der Waals surface area contributed by atoms with Gasteiger partial charge in [0.2, 0.25) is 0 Å². The quantitative estimate of drug-likeness (QED) is 0.397. The van der Waals surface area contributed by atoms with Gasteiger partial charge < -0.3 is 19.7 Å². The number of hydrogen-bond donors (Lipinski definition) is 1. The van der Waals surface area contributed by atoms with Gasteiger partial charge in [0.05, 0.1) is 44.1 Å². The number of ether oxygens (including phenoxy) is 2. The Labute approximate surface area is 220 Å². The molecule has 1 fully saturated rings. The molecule has 0 bridgehead atoms. The fourth-order valence-corrected chi connectivity index (χ4v) is 4.28. The predicted octanol–water partition coefficient (Wildman–Crippen LogP) is 3.36. The van der Waals surface area contributed by atoms with E-state index in [9.17, 15) is 22.8 Å². The van der Waals surface area contributed by atoms with E-state index >= 15 is 0 Å². The SMILES string of the molecule is CCn1ncc(NC(=O)c2cnn3c(C(F)(F)F)cc(-c4ccc(OC)cc4)nc23)c1C(=O)N1CCOCC1. The lowest BCUT2D eigenvalue weighted by Gasteiger charge is -2.27. The largest absolute Gasteiger partial charge is 0.497 e. The minimum Gasteiger partial charge on any atom is -0.497 e. The summed E-state index contributed by atoms with van der Waals surface area (Å²) >= 11 is 0. The first-order chi connectivity index (χ1) is 18.7. The summed E-state index contributed by atoms with van der Waals surface area (Å²) in [5.41, 5.74) is -0.929. The van der Waals surface area contributed by atoms with Crippen molar-refractivity contribution in [3.8, 4) is 17.0 Å². The zero-order chi connectivity index (χ0) is 27.7. The van der Waals surface area contributed by atoms with E-state index in [0.29, 0.717) is 48.7 Å². The van der Waals surface area contributed by atoms with Crippen molar-refractivity contribution in [1.82, 2.24) is 29.3 Å². The van der Waals surface area contributed by atoms with Gasteiger partial charge in [-0.25, -0.2) is 9.50 Å². The number of benzene rings is 1. The summed E-state index contributed by atoms with van der Waals surface area (Å²) in [5, 5.41) is 10.6. The standard InChI is InChI=1S/C25H24F3N7O4/c1-3-34-21(24(37)33-8-10-39-11-9-33)19(14-29-34)32-23(36)17-13-30-35-20(25(26,27)28)12-18(31-22(17)35)15-4-6-16(38-2)7-5-15/h4-7,12-14H,3,8-11H2,1-2H3,(H,32,36). The van der Waals surface area contributed by atoms with Crippen LogP contribution in [0.25, 0.3) is 16.9 Å². The number of methoxy groups -OCH3 is 1. The summed E-state index contributed by atoms with van der Waals surface area (Å²) in [6, 6.07) is 7.19. The van der Waals surface area contributed by atoms with E-state index in [0.717, 1.165) is 12.3 Å². The van der Waals surface area contributed by atoms with Gasteiger partial charge in [0.15, 0.2) is 11.3 Å². The lowest BCUT2D eigenvalue weighted by Crippen LogP contribution is -2.41.